The van der Waals surface area contributed by atoms with Gasteiger partial charge in [-0.2, -0.15) is 0 Å². The third kappa shape index (κ3) is 4.30. The summed E-state index contributed by atoms with van der Waals surface area (Å²) in [5.74, 6) is -0.272. The standard InChI is InChI=1S/C12H14O2S/c1-9(13)7-11(12(14)15)8-10-5-3-2-4-6-10/h2-6,11H,7-8H2,1H3,(H,14,15)/t11-/m0/s1. The van der Waals surface area contributed by atoms with E-state index in [2.05, 4.69) is 12.6 Å². The summed E-state index contributed by atoms with van der Waals surface area (Å²) < 4.78 is 0. The molecule has 0 spiro atoms. The lowest BCUT2D eigenvalue weighted by Crippen LogP contribution is -2.15. The van der Waals surface area contributed by atoms with Crippen molar-refractivity contribution in [3.63, 3.8) is 0 Å². The molecular formula is C12H14O2S. The molecule has 0 fully saturated rings. The minimum absolute atomic E-state index is 0.0262. The summed E-state index contributed by atoms with van der Waals surface area (Å²) in [5.41, 5.74) is 1.06. The first-order valence-electron chi connectivity index (χ1n) is 4.85. The molecule has 0 saturated heterocycles. The summed E-state index contributed by atoms with van der Waals surface area (Å²) in [7, 11) is 0. The lowest BCUT2D eigenvalue weighted by Gasteiger charge is -2.10. The number of hydrogen-bond donors (Lipinski definition) is 1. The Balaban J connectivity index is 2.67. The third-order valence-corrected chi connectivity index (χ3v) is 2.57. The Labute approximate surface area is 95.1 Å². The molecule has 1 aromatic carbocycles. The largest absolute Gasteiger partial charge is 0.300 e. The lowest BCUT2D eigenvalue weighted by molar-refractivity contribution is -0.122. The van der Waals surface area contributed by atoms with Gasteiger partial charge in [0.2, 0.25) is 0 Å². The van der Waals surface area contributed by atoms with E-state index in [1.807, 2.05) is 30.3 Å². The van der Waals surface area contributed by atoms with E-state index in [1.165, 1.54) is 6.92 Å². The molecule has 0 bridgehead atoms. The van der Waals surface area contributed by atoms with Crippen LogP contribution in [0.3, 0.4) is 0 Å². The zero-order valence-corrected chi connectivity index (χ0v) is 9.54. The van der Waals surface area contributed by atoms with E-state index in [1.54, 1.807) is 0 Å². The minimum Gasteiger partial charge on any atom is -0.300 e. The van der Waals surface area contributed by atoms with Crippen molar-refractivity contribution in [1.29, 1.82) is 0 Å². The molecule has 0 aliphatic heterocycles. The summed E-state index contributed by atoms with van der Waals surface area (Å²) in [6.07, 6.45) is 0.861. The van der Waals surface area contributed by atoms with Gasteiger partial charge in [-0.15, -0.1) is 12.6 Å². The Morgan fingerprint density at radius 3 is 2.33 bits per heavy atom. The molecule has 0 aromatic heterocycles. The molecule has 0 aliphatic carbocycles. The average molecular weight is 222 g/mol. The van der Waals surface area contributed by atoms with Gasteiger partial charge in [-0.3, -0.25) is 4.79 Å². The number of benzene rings is 1. The number of Topliss-reactive ketones (excluding diaryl/α,β-unsaturated/α-hetero) is 1. The second-order valence-corrected chi connectivity index (χ2v) is 4.07. The molecule has 0 amide bonds. The van der Waals surface area contributed by atoms with Crippen molar-refractivity contribution in [2.24, 2.45) is 5.92 Å². The number of carbonyl (C=O) groups is 2. The Morgan fingerprint density at radius 1 is 1.27 bits per heavy atom. The molecular weight excluding hydrogens is 208 g/mol. The number of carbonyl (C=O) groups excluding carboxylic acids is 2. The van der Waals surface area contributed by atoms with Crippen LogP contribution in [0.25, 0.3) is 0 Å². The highest BCUT2D eigenvalue weighted by Gasteiger charge is 2.17. The van der Waals surface area contributed by atoms with Crippen molar-refractivity contribution in [1.82, 2.24) is 0 Å². The van der Waals surface area contributed by atoms with Crippen molar-refractivity contribution in [3.8, 4) is 0 Å². The molecule has 0 heterocycles. The highest BCUT2D eigenvalue weighted by atomic mass is 32.1. The summed E-state index contributed by atoms with van der Waals surface area (Å²) in [6, 6.07) is 9.66. The van der Waals surface area contributed by atoms with Gasteiger partial charge in [0.1, 0.15) is 5.78 Å². The van der Waals surface area contributed by atoms with Gasteiger partial charge in [0.25, 0.3) is 0 Å². The number of ketones is 1. The first-order valence-corrected chi connectivity index (χ1v) is 5.30. The zero-order valence-electron chi connectivity index (χ0n) is 8.64. The van der Waals surface area contributed by atoms with Gasteiger partial charge >= 0.3 is 0 Å². The van der Waals surface area contributed by atoms with Crippen LogP contribution in [0.4, 0.5) is 0 Å². The van der Waals surface area contributed by atoms with Crippen LogP contribution in [0.15, 0.2) is 30.3 Å². The fraction of sp³-hybridized carbons (Fsp3) is 0.333. The second kappa shape index (κ2) is 5.71. The molecule has 0 saturated carbocycles. The van der Waals surface area contributed by atoms with Gasteiger partial charge in [-0.05, 0) is 18.9 Å². The summed E-state index contributed by atoms with van der Waals surface area (Å²) in [6.45, 7) is 1.49. The normalized spacial score (nSPS) is 12.1. The Kier molecular flexibility index (Phi) is 4.56. The first kappa shape index (κ1) is 12.0. The van der Waals surface area contributed by atoms with Crippen LogP contribution in [-0.2, 0) is 16.0 Å². The second-order valence-electron chi connectivity index (χ2n) is 3.63. The maximum absolute atomic E-state index is 11.2. The van der Waals surface area contributed by atoms with E-state index in [4.69, 9.17) is 0 Å². The molecule has 15 heavy (non-hydrogen) atoms. The maximum Gasteiger partial charge on any atom is 0.189 e. The Morgan fingerprint density at radius 2 is 1.87 bits per heavy atom. The van der Waals surface area contributed by atoms with Gasteiger partial charge in [-0.1, -0.05) is 30.3 Å². The van der Waals surface area contributed by atoms with E-state index < -0.39 is 0 Å². The van der Waals surface area contributed by atoms with Crippen LogP contribution in [0, 0.1) is 5.92 Å². The molecule has 0 aliphatic rings. The monoisotopic (exact) mass is 222 g/mol. The molecule has 1 aromatic rings. The van der Waals surface area contributed by atoms with Gasteiger partial charge in [0, 0.05) is 12.3 Å². The topological polar surface area (TPSA) is 34.1 Å². The van der Waals surface area contributed by atoms with Crippen molar-refractivity contribution in [2.75, 3.05) is 0 Å². The van der Waals surface area contributed by atoms with Gasteiger partial charge in [-0.25, -0.2) is 0 Å². The van der Waals surface area contributed by atoms with E-state index in [0.717, 1.165) is 5.56 Å². The highest BCUT2D eigenvalue weighted by molar-refractivity contribution is 7.96. The molecule has 80 valence electrons. The number of thiol groups is 1. The molecule has 1 rings (SSSR count). The third-order valence-electron chi connectivity index (χ3n) is 2.21. The zero-order chi connectivity index (χ0) is 11.3. The van der Waals surface area contributed by atoms with Gasteiger partial charge < -0.3 is 4.79 Å². The maximum atomic E-state index is 11.2. The van der Waals surface area contributed by atoms with E-state index in [0.29, 0.717) is 6.42 Å². The Hall–Kier alpha value is -1.09. The summed E-state index contributed by atoms with van der Waals surface area (Å²) in [5, 5.41) is -0.214. The molecule has 0 radical (unpaired) electrons. The molecule has 0 unspecified atom stereocenters. The smallest absolute Gasteiger partial charge is 0.189 e. The van der Waals surface area contributed by atoms with Crippen molar-refractivity contribution in [3.05, 3.63) is 35.9 Å². The average Bonchev–Trinajstić information content (AvgIpc) is 2.17. The van der Waals surface area contributed by atoms with Crippen molar-refractivity contribution in [2.45, 2.75) is 19.8 Å². The number of hydrogen-bond acceptors (Lipinski definition) is 2. The van der Waals surface area contributed by atoms with E-state index in [9.17, 15) is 9.59 Å². The van der Waals surface area contributed by atoms with Crippen molar-refractivity contribution >= 4 is 23.5 Å². The molecule has 3 heteroatoms. The van der Waals surface area contributed by atoms with Crippen molar-refractivity contribution < 1.29 is 9.59 Å². The lowest BCUT2D eigenvalue weighted by atomic mass is 9.96. The van der Waals surface area contributed by atoms with Crippen LogP contribution in [-0.4, -0.2) is 10.9 Å². The van der Waals surface area contributed by atoms with Crippen LogP contribution in [0.1, 0.15) is 18.9 Å². The predicted molar refractivity (Wildman–Crippen MR) is 62.9 cm³/mol. The fourth-order valence-corrected chi connectivity index (χ4v) is 1.67. The van der Waals surface area contributed by atoms with Crippen LogP contribution >= 0.6 is 12.6 Å². The molecule has 1 atom stereocenters. The Bertz CT molecular complexity index is 346. The SMILES string of the molecule is CC(=O)C[C@@H](Cc1ccccc1)C(=O)S. The quantitative estimate of drug-likeness (QED) is 0.775. The van der Waals surface area contributed by atoms with Gasteiger partial charge in [0.05, 0.1) is 0 Å². The predicted octanol–water partition coefficient (Wildman–Crippen LogP) is 2.28. The van der Waals surface area contributed by atoms with E-state index >= 15 is 0 Å². The summed E-state index contributed by atoms with van der Waals surface area (Å²) >= 11 is 3.81. The van der Waals surface area contributed by atoms with Crippen LogP contribution in [0.5, 0.6) is 0 Å². The summed E-state index contributed by atoms with van der Waals surface area (Å²) in [4.78, 5) is 22.2. The van der Waals surface area contributed by atoms with Crippen LogP contribution in [0.2, 0.25) is 0 Å². The molecule has 0 N–H and O–H groups in total. The minimum atomic E-state index is -0.298. The van der Waals surface area contributed by atoms with E-state index in [-0.39, 0.29) is 23.2 Å². The molecule has 2 nitrogen and oxygen atoms in total. The van der Waals surface area contributed by atoms with Crippen LogP contribution < -0.4 is 0 Å². The highest BCUT2D eigenvalue weighted by Crippen LogP contribution is 2.15. The first-order chi connectivity index (χ1) is 7.09. The van der Waals surface area contributed by atoms with Gasteiger partial charge in [0.15, 0.2) is 5.12 Å². The number of rotatable bonds is 5. The fourth-order valence-electron chi connectivity index (χ4n) is 1.49.